The topological polar surface area (TPSA) is 71.8 Å². The lowest BCUT2D eigenvalue weighted by molar-refractivity contribution is -0.102. The van der Waals surface area contributed by atoms with Crippen LogP contribution < -0.4 is 15.2 Å². The Morgan fingerprint density at radius 2 is 2.07 bits per heavy atom. The fourth-order valence-corrected chi connectivity index (χ4v) is 3.46. The first-order valence-electron chi connectivity index (χ1n) is 10.1. The van der Waals surface area contributed by atoms with Crippen molar-refractivity contribution >= 4 is 0 Å². The van der Waals surface area contributed by atoms with Gasteiger partial charge in [-0.05, 0) is 35.6 Å². The van der Waals surface area contributed by atoms with Crippen molar-refractivity contribution in [2.45, 2.75) is 39.8 Å². The molecule has 7 nitrogen and oxygen atoms in total. The summed E-state index contributed by atoms with van der Waals surface area (Å²) in [5.41, 5.74) is 2.81. The van der Waals surface area contributed by atoms with Crippen molar-refractivity contribution < 1.29 is 18.9 Å². The standard InChI is InChI=1S/C22H28N2O5/c1-22(2,3)14-29-16-4-5-18-15(10-16)6-7-24-19(18)11-20(23-21(24)25)28-13-17-12-26-8-9-27-17/h4-5,10-11,17H,6-9,12-14H2,1-3H3. The van der Waals surface area contributed by atoms with Gasteiger partial charge in [0.2, 0.25) is 5.88 Å². The first-order valence-corrected chi connectivity index (χ1v) is 10.1. The van der Waals surface area contributed by atoms with E-state index in [-0.39, 0.29) is 17.2 Å². The Kier molecular flexibility index (Phi) is 5.61. The van der Waals surface area contributed by atoms with E-state index in [1.54, 1.807) is 4.57 Å². The van der Waals surface area contributed by atoms with Gasteiger partial charge < -0.3 is 18.9 Å². The molecule has 0 aliphatic carbocycles. The molecule has 0 spiro atoms. The molecule has 7 heteroatoms. The molecule has 4 rings (SSSR count). The van der Waals surface area contributed by atoms with Gasteiger partial charge >= 0.3 is 5.69 Å². The third-order valence-electron chi connectivity index (χ3n) is 4.92. The molecule has 2 aliphatic heterocycles. The highest BCUT2D eigenvalue weighted by atomic mass is 16.6. The Morgan fingerprint density at radius 1 is 1.21 bits per heavy atom. The molecule has 3 heterocycles. The molecule has 0 saturated carbocycles. The summed E-state index contributed by atoms with van der Waals surface area (Å²) in [6, 6.07) is 7.88. The zero-order chi connectivity index (χ0) is 20.4. The molecule has 2 aliphatic rings. The van der Waals surface area contributed by atoms with Crippen LogP contribution in [0.2, 0.25) is 0 Å². The van der Waals surface area contributed by atoms with Crippen LogP contribution in [-0.4, -0.2) is 48.7 Å². The zero-order valence-corrected chi connectivity index (χ0v) is 17.3. The van der Waals surface area contributed by atoms with Crippen LogP contribution in [0.3, 0.4) is 0 Å². The van der Waals surface area contributed by atoms with Crippen molar-refractivity contribution in [3.05, 3.63) is 40.3 Å². The molecule has 1 fully saturated rings. The molecule has 1 saturated heterocycles. The van der Waals surface area contributed by atoms with Crippen LogP contribution >= 0.6 is 0 Å². The highest BCUT2D eigenvalue weighted by Gasteiger charge is 2.21. The van der Waals surface area contributed by atoms with E-state index in [1.165, 1.54) is 0 Å². The zero-order valence-electron chi connectivity index (χ0n) is 17.3. The van der Waals surface area contributed by atoms with E-state index < -0.39 is 0 Å². The SMILES string of the molecule is CC(C)(C)COc1ccc2c(c1)CCn1c-2cc(OCC2COCCO2)nc1=O. The fourth-order valence-electron chi connectivity index (χ4n) is 3.46. The van der Waals surface area contributed by atoms with E-state index >= 15 is 0 Å². The smallest absolute Gasteiger partial charge is 0.351 e. The molecule has 0 bridgehead atoms. The normalized spacial score (nSPS) is 18.7. The maximum absolute atomic E-state index is 12.5. The maximum Gasteiger partial charge on any atom is 0.351 e. The monoisotopic (exact) mass is 400 g/mol. The van der Waals surface area contributed by atoms with Crippen molar-refractivity contribution in [3.8, 4) is 22.9 Å². The number of aromatic nitrogens is 2. The molecular weight excluding hydrogens is 372 g/mol. The lowest BCUT2D eigenvalue weighted by Gasteiger charge is -2.25. The van der Waals surface area contributed by atoms with Gasteiger partial charge in [-0.25, -0.2) is 4.79 Å². The summed E-state index contributed by atoms with van der Waals surface area (Å²) < 4.78 is 24.4. The summed E-state index contributed by atoms with van der Waals surface area (Å²) in [5.74, 6) is 1.17. The number of fused-ring (bicyclic) bond motifs is 3. The molecule has 156 valence electrons. The van der Waals surface area contributed by atoms with E-state index in [0.29, 0.717) is 45.5 Å². The number of benzene rings is 1. The van der Waals surface area contributed by atoms with Crippen LogP contribution in [0.1, 0.15) is 26.3 Å². The summed E-state index contributed by atoms with van der Waals surface area (Å²) >= 11 is 0. The van der Waals surface area contributed by atoms with Gasteiger partial charge in [-0.1, -0.05) is 20.8 Å². The minimum absolute atomic E-state index is 0.0980. The van der Waals surface area contributed by atoms with E-state index in [4.69, 9.17) is 18.9 Å². The minimum Gasteiger partial charge on any atom is -0.493 e. The summed E-state index contributed by atoms with van der Waals surface area (Å²) in [6.45, 7) is 9.64. The molecular formula is C22H28N2O5. The number of ether oxygens (including phenoxy) is 4. The predicted molar refractivity (Wildman–Crippen MR) is 109 cm³/mol. The molecule has 29 heavy (non-hydrogen) atoms. The lowest BCUT2D eigenvalue weighted by Crippen LogP contribution is -2.34. The molecule has 1 aromatic carbocycles. The van der Waals surface area contributed by atoms with Gasteiger partial charge in [-0.15, -0.1) is 0 Å². The second-order valence-electron chi connectivity index (χ2n) is 8.71. The summed E-state index contributed by atoms with van der Waals surface area (Å²) in [4.78, 5) is 16.6. The molecule has 2 aromatic rings. The van der Waals surface area contributed by atoms with Gasteiger partial charge in [-0.3, -0.25) is 4.57 Å². The second-order valence-corrected chi connectivity index (χ2v) is 8.71. The molecule has 1 atom stereocenters. The van der Waals surface area contributed by atoms with Gasteiger partial charge in [0.05, 0.1) is 32.1 Å². The highest BCUT2D eigenvalue weighted by molar-refractivity contribution is 5.67. The Labute approximate surface area is 170 Å². The van der Waals surface area contributed by atoms with E-state index in [0.717, 1.165) is 29.0 Å². The van der Waals surface area contributed by atoms with E-state index in [1.807, 2.05) is 18.2 Å². The average molecular weight is 400 g/mol. The van der Waals surface area contributed by atoms with Crippen molar-refractivity contribution in [1.29, 1.82) is 0 Å². The largest absolute Gasteiger partial charge is 0.493 e. The third-order valence-corrected chi connectivity index (χ3v) is 4.92. The molecule has 0 amide bonds. The van der Waals surface area contributed by atoms with Crippen LogP contribution in [0.5, 0.6) is 11.6 Å². The Balaban J connectivity index is 1.55. The van der Waals surface area contributed by atoms with Gasteiger partial charge in [-0.2, -0.15) is 4.98 Å². The van der Waals surface area contributed by atoms with Crippen LogP contribution in [0.4, 0.5) is 0 Å². The summed E-state index contributed by atoms with van der Waals surface area (Å²) in [7, 11) is 0. The molecule has 0 radical (unpaired) electrons. The quantitative estimate of drug-likeness (QED) is 0.769. The Morgan fingerprint density at radius 3 is 2.83 bits per heavy atom. The summed E-state index contributed by atoms with van der Waals surface area (Å²) in [5, 5.41) is 0. The van der Waals surface area contributed by atoms with Crippen LogP contribution in [0, 0.1) is 5.41 Å². The van der Waals surface area contributed by atoms with Gasteiger partial charge in [0, 0.05) is 18.2 Å². The van der Waals surface area contributed by atoms with Gasteiger partial charge in [0.15, 0.2) is 0 Å². The fraction of sp³-hybridized carbons (Fsp3) is 0.545. The van der Waals surface area contributed by atoms with Crippen molar-refractivity contribution in [2.24, 2.45) is 5.41 Å². The Hall–Kier alpha value is -2.38. The minimum atomic E-state index is -0.294. The maximum atomic E-state index is 12.5. The number of nitrogens with zero attached hydrogens (tertiary/aromatic N) is 2. The van der Waals surface area contributed by atoms with Gasteiger partial charge in [0.1, 0.15) is 18.5 Å². The van der Waals surface area contributed by atoms with Crippen LogP contribution in [0.15, 0.2) is 29.1 Å². The number of hydrogen-bond donors (Lipinski definition) is 0. The van der Waals surface area contributed by atoms with Gasteiger partial charge in [0.25, 0.3) is 0 Å². The van der Waals surface area contributed by atoms with Crippen LogP contribution in [-0.2, 0) is 22.4 Å². The summed E-state index contributed by atoms with van der Waals surface area (Å²) in [6.07, 6.45) is 0.628. The second kappa shape index (κ2) is 8.16. The average Bonchev–Trinajstić information content (AvgIpc) is 2.70. The Bertz CT molecular complexity index is 926. The van der Waals surface area contributed by atoms with Crippen molar-refractivity contribution in [1.82, 2.24) is 9.55 Å². The molecule has 1 unspecified atom stereocenters. The lowest BCUT2D eigenvalue weighted by atomic mass is 9.97. The molecule has 0 N–H and O–H groups in total. The van der Waals surface area contributed by atoms with E-state index in [2.05, 4.69) is 31.8 Å². The number of aryl methyl sites for hydroxylation is 1. The predicted octanol–water partition coefficient (Wildman–Crippen LogP) is 2.69. The van der Waals surface area contributed by atoms with Crippen LogP contribution in [0.25, 0.3) is 11.3 Å². The first kappa shape index (κ1) is 19.9. The highest BCUT2D eigenvalue weighted by Crippen LogP contribution is 2.32. The first-order chi connectivity index (χ1) is 13.9. The number of hydrogen-bond acceptors (Lipinski definition) is 6. The van der Waals surface area contributed by atoms with Crippen molar-refractivity contribution in [2.75, 3.05) is 33.0 Å². The number of rotatable bonds is 5. The molecule has 1 aromatic heterocycles. The third kappa shape index (κ3) is 4.79. The van der Waals surface area contributed by atoms with E-state index in [9.17, 15) is 4.79 Å². The van der Waals surface area contributed by atoms with Crippen molar-refractivity contribution in [3.63, 3.8) is 0 Å².